The molecule has 0 aromatic heterocycles. The number of benzene rings is 2. The van der Waals surface area contributed by atoms with Crippen LogP contribution in [-0.2, 0) is 0 Å². The van der Waals surface area contributed by atoms with E-state index in [1.54, 1.807) is 0 Å². The Morgan fingerprint density at radius 2 is 1.67 bits per heavy atom. The van der Waals surface area contributed by atoms with Crippen molar-refractivity contribution in [3.8, 4) is 17.2 Å². The Morgan fingerprint density at radius 1 is 1.07 bits per heavy atom. The van der Waals surface area contributed by atoms with Crippen LogP contribution in [0.3, 0.4) is 0 Å². The molecule has 0 fully saturated rings. The number of para-hydroxylation sites is 1. The standard InChI is InChI=1S/C19H19F2NO5/c1-25-15-10-12(11-16(26-2)17(15)27-3)8-9-19(20,21)22-14-7-5-4-6-13(14)18(23)24/h4-11,22H,1-3H3,(H,23,24)/b9-8+. The SMILES string of the molecule is COc1cc(/C=C/C(F)(F)Nc2ccccc2C(=O)O)cc(OC)c1OC. The highest BCUT2D eigenvalue weighted by atomic mass is 19.3. The molecule has 8 heteroatoms. The lowest BCUT2D eigenvalue weighted by molar-refractivity contribution is 0.0695. The summed E-state index contributed by atoms with van der Waals surface area (Å²) >= 11 is 0. The van der Waals surface area contributed by atoms with Gasteiger partial charge in [-0.3, -0.25) is 0 Å². The van der Waals surface area contributed by atoms with Crippen LogP contribution in [0.5, 0.6) is 17.2 Å². The van der Waals surface area contributed by atoms with E-state index in [2.05, 4.69) is 0 Å². The third kappa shape index (κ3) is 4.87. The number of carbonyl (C=O) groups is 1. The number of hydrogen-bond acceptors (Lipinski definition) is 5. The molecule has 27 heavy (non-hydrogen) atoms. The zero-order chi connectivity index (χ0) is 20.0. The first-order valence-electron chi connectivity index (χ1n) is 7.79. The van der Waals surface area contributed by atoms with E-state index in [1.165, 1.54) is 63.8 Å². The fourth-order valence-electron chi connectivity index (χ4n) is 2.40. The summed E-state index contributed by atoms with van der Waals surface area (Å²) in [7, 11) is 4.28. The molecule has 0 atom stereocenters. The molecular formula is C19H19F2NO5. The van der Waals surface area contributed by atoms with Crippen LogP contribution in [-0.4, -0.2) is 38.5 Å². The lowest BCUT2D eigenvalue weighted by Gasteiger charge is -2.17. The molecule has 0 saturated carbocycles. The van der Waals surface area contributed by atoms with Crippen molar-refractivity contribution in [2.24, 2.45) is 0 Å². The van der Waals surface area contributed by atoms with Crippen molar-refractivity contribution < 1.29 is 32.9 Å². The Kier molecular flexibility index (Phi) is 6.23. The van der Waals surface area contributed by atoms with Crippen LogP contribution < -0.4 is 19.5 Å². The summed E-state index contributed by atoms with van der Waals surface area (Å²) in [6, 6.07) is 4.96. The van der Waals surface area contributed by atoms with Crippen LogP contribution in [0.15, 0.2) is 42.5 Å². The highest BCUT2D eigenvalue weighted by Gasteiger charge is 2.26. The number of alkyl halides is 2. The lowest BCUT2D eigenvalue weighted by atomic mass is 10.1. The molecule has 2 aromatic carbocycles. The maximum absolute atomic E-state index is 14.3. The lowest BCUT2D eigenvalue weighted by Crippen LogP contribution is -2.25. The molecular weight excluding hydrogens is 360 g/mol. The third-order valence-corrected chi connectivity index (χ3v) is 3.63. The van der Waals surface area contributed by atoms with E-state index >= 15 is 0 Å². The first-order valence-corrected chi connectivity index (χ1v) is 7.79. The van der Waals surface area contributed by atoms with Gasteiger partial charge in [-0.25, -0.2) is 4.79 Å². The number of ether oxygens (including phenoxy) is 3. The molecule has 2 aromatic rings. The molecule has 0 unspecified atom stereocenters. The minimum Gasteiger partial charge on any atom is -0.493 e. The van der Waals surface area contributed by atoms with E-state index in [1.807, 2.05) is 5.32 Å². The number of anilines is 1. The monoisotopic (exact) mass is 379 g/mol. The van der Waals surface area contributed by atoms with Gasteiger partial charge in [0.05, 0.1) is 32.6 Å². The van der Waals surface area contributed by atoms with E-state index < -0.39 is 12.0 Å². The van der Waals surface area contributed by atoms with Crippen LogP contribution in [0.2, 0.25) is 0 Å². The van der Waals surface area contributed by atoms with Gasteiger partial charge < -0.3 is 24.6 Å². The van der Waals surface area contributed by atoms with Crippen molar-refractivity contribution in [2.45, 2.75) is 6.05 Å². The summed E-state index contributed by atoms with van der Waals surface area (Å²) in [5.74, 6) is -0.312. The van der Waals surface area contributed by atoms with Gasteiger partial charge in [-0.15, -0.1) is 0 Å². The summed E-state index contributed by atoms with van der Waals surface area (Å²) in [6.07, 6.45) is 1.78. The Balaban J connectivity index is 2.30. The van der Waals surface area contributed by atoms with Crippen LogP contribution >= 0.6 is 0 Å². The predicted molar refractivity (Wildman–Crippen MR) is 97.1 cm³/mol. The summed E-state index contributed by atoms with van der Waals surface area (Å²) < 4.78 is 44.1. The van der Waals surface area contributed by atoms with Crippen molar-refractivity contribution in [3.05, 3.63) is 53.6 Å². The smallest absolute Gasteiger partial charge is 0.343 e. The number of aromatic carboxylic acids is 1. The summed E-state index contributed by atoms with van der Waals surface area (Å²) in [6.45, 7) is 0. The van der Waals surface area contributed by atoms with Gasteiger partial charge in [-0.1, -0.05) is 18.2 Å². The van der Waals surface area contributed by atoms with Gasteiger partial charge in [0.1, 0.15) is 0 Å². The molecule has 2 rings (SSSR count). The molecule has 0 heterocycles. The van der Waals surface area contributed by atoms with E-state index in [9.17, 15) is 13.6 Å². The molecule has 0 aliphatic rings. The Labute approximate surface area is 155 Å². The van der Waals surface area contributed by atoms with Crippen molar-refractivity contribution in [1.82, 2.24) is 0 Å². The average molecular weight is 379 g/mol. The Bertz CT molecular complexity index is 827. The first kappa shape index (κ1) is 20.0. The second-order valence-electron chi connectivity index (χ2n) is 5.39. The first-order chi connectivity index (χ1) is 12.8. The number of rotatable bonds is 8. The van der Waals surface area contributed by atoms with Gasteiger partial charge in [-0.05, 0) is 29.8 Å². The van der Waals surface area contributed by atoms with Gasteiger partial charge in [0.15, 0.2) is 11.5 Å². The second kappa shape index (κ2) is 8.39. The van der Waals surface area contributed by atoms with Gasteiger partial charge in [-0.2, -0.15) is 8.78 Å². The van der Waals surface area contributed by atoms with E-state index in [0.29, 0.717) is 28.9 Å². The molecule has 0 spiro atoms. The molecule has 0 bridgehead atoms. The van der Waals surface area contributed by atoms with Crippen molar-refractivity contribution in [2.75, 3.05) is 26.6 Å². The molecule has 144 valence electrons. The second-order valence-corrected chi connectivity index (χ2v) is 5.39. The number of carboxylic acids is 1. The van der Waals surface area contributed by atoms with Gasteiger partial charge in [0.25, 0.3) is 0 Å². The number of halogens is 2. The number of methoxy groups -OCH3 is 3. The molecule has 6 nitrogen and oxygen atoms in total. The van der Waals surface area contributed by atoms with Gasteiger partial charge >= 0.3 is 12.0 Å². The zero-order valence-corrected chi connectivity index (χ0v) is 15.0. The molecule has 2 N–H and O–H groups in total. The highest BCUT2D eigenvalue weighted by Crippen LogP contribution is 2.38. The predicted octanol–water partition coefficient (Wildman–Crippen LogP) is 4.13. The van der Waals surface area contributed by atoms with Crippen molar-refractivity contribution >= 4 is 17.7 Å². The van der Waals surface area contributed by atoms with Crippen LogP contribution in [0, 0.1) is 0 Å². The number of hydrogen-bond donors (Lipinski definition) is 2. The average Bonchev–Trinajstić information content (AvgIpc) is 2.65. The van der Waals surface area contributed by atoms with Crippen molar-refractivity contribution in [1.29, 1.82) is 0 Å². The van der Waals surface area contributed by atoms with Crippen molar-refractivity contribution in [3.63, 3.8) is 0 Å². The summed E-state index contributed by atoms with van der Waals surface area (Å²) in [5, 5.41) is 11.0. The fraction of sp³-hybridized carbons (Fsp3) is 0.211. The molecule has 0 aliphatic carbocycles. The quantitative estimate of drug-likeness (QED) is 0.672. The third-order valence-electron chi connectivity index (χ3n) is 3.63. The van der Waals surface area contributed by atoms with Crippen LogP contribution in [0.1, 0.15) is 15.9 Å². The van der Waals surface area contributed by atoms with E-state index in [0.717, 1.165) is 0 Å². The summed E-state index contributed by atoms with van der Waals surface area (Å²) in [5.41, 5.74) is -0.0552. The molecule has 0 saturated heterocycles. The fourth-order valence-corrected chi connectivity index (χ4v) is 2.40. The summed E-state index contributed by atoms with van der Waals surface area (Å²) in [4.78, 5) is 11.1. The normalized spacial score (nSPS) is 11.3. The molecule has 0 aliphatic heterocycles. The van der Waals surface area contributed by atoms with E-state index in [4.69, 9.17) is 19.3 Å². The minimum absolute atomic E-state index is 0.190. The zero-order valence-electron chi connectivity index (χ0n) is 15.0. The molecule has 0 radical (unpaired) electrons. The van der Waals surface area contributed by atoms with Crippen LogP contribution in [0.4, 0.5) is 14.5 Å². The largest absolute Gasteiger partial charge is 0.493 e. The maximum atomic E-state index is 14.3. The Hall–Kier alpha value is -3.29. The number of nitrogens with one attached hydrogen (secondary N) is 1. The van der Waals surface area contributed by atoms with Gasteiger partial charge in [0, 0.05) is 6.08 Å². The van der Waals surface area contributed by atoms with Gasteiger partial charge in [0.2, 0.25) is 5.75 Å². The number of carboxylic acid groups (broad SMARTS) is 1. The highest BCUT2D eigenvalue weighted by molar-refractivity contribution is 5.94. The van der Waals surface area contributed by atoms with E-state index in [-0.39, 0.29) is 11.3 Å². The Morgan fingerprint density at radius 3 is 2.19 bits per heavy atom. The van der Waals surface area contributed by atoms with Crippen LogP contribution in [0.25, 0.3) is 6.08 Å². The topological polar surface area (TPSA) is 77.0 Å². The maximum Gasteiger partial charge on any atom is 0.343 e. The molecule has 0 amide bonds. The minimum atomic E-state index is -3.49.